The van der Waals surface area contributed by atoms with Crippen molar-refractivity contribution < 1.29 is 14.1 Å². The molecule has 0 saturated carbocycles. The molecule has 1 N–H and O–H groups in total. The summed E-state index contributed by atoms with van der Waals surface area (Å²) in [6.45, 7) is 4.16. The maximum absolute atomic E-state index is 12.2. The number of hydrogen-bond acceptors (Lipinski definition) is 6. The van der Waals surface area contributed by atoms with Gasteiger partial charge in [0.25, 0.3) is 5.91 Å². The Hall–Kier alpha value is -2.94. The van der Waals surface area contributed by atoms with Crippen LogP contribution in [0.1, 0.15) is 32.9 Å². The molecule has 0 aliphatic heterocycles. The van der Waals surface area contributed by atoms with E-state index >= 15 is 0 Å². The number of carbonyl (C=O) groups excluding carboxylic acids is 1. The second-order valence-electron chi connectivity index (χ2n) is 5.51. The Morgan fingerprint density at radius 2 is 2.24 bits per heavy atom. The summed E-state index contributed by atoms with van der Waals surface area (Å²) in [5.74, 6) is -1.06. The van der Waals surface area contributed by atoms with E-state index in [-0.39, 0.29) is 18.3 Å². The van der Waals surface area contributed by atoms with Gasteiger partial charge in [-0.3, -0.25) is 19.6 Å². The van der Waals surface area contributed by atoms with Gasteiger partial charge in [-0.1, -0.05) is 6.07 Å². The Bertz CT molecular complexity index is 897. The summed E-state index contributed by atoms with van der Waals surface area (Å²) in [4.78, 5) is 23.2. The summed E-state index contributed by atoms with van der Waals surface area (Å²) in [6.07, 6.45) is 0. The molecule has 1 atom stereocenters. The highest BCUT2D eigenvalue weighted by atomic mass is 32.1. The number of nitrogens with zero attached hydrogens (tertiary/aromatic N) is 3. The minimum absolute atomic E-state index is 0.0926. The minimum atomic E-state index is -0.679. The van der Waals surface area contributed by atoms with Crippen molar-refractivity contribution in [1.29, 1.82) is 0 Å². The monoisotopic (exact) mass is 360 g/mol. The average Bonchev–Trinajstić information content (AvgIpc) is 3.29. The van der Waals surface area contributed by atoms with Crippen LogP contribution in [-0.4, -0.2) is 27.2 Å². The maximum atomic E-state index is 12.2. The van der Waals surface area contributed by atoms with Crippen LogP contribution in [0.3, 0.4) is 0 Å². The van der Waals surface area contributed by atoms with Gasteiger partial charge in [0.05, 0.1) is 11.8 Å². The van der Waals surface area contributed by atoms with E-state index in [2.05, 4.69) is 10.4 Å². The molecule has 0 aromatic carbocycles. The summed E-state index contributed by atoms with van der Waals surface area (Å²) in [5.41, 5.74) is 1.88. The van der Waals surface area contributed by atoms with Crippen molar-refractivity contribution in [3.05, 3.63) is 67.9 Å². The molecule has 3 aromatic heterocycles. The predicted octanol–water partition coefficient (Wildman–Crippen LogP) is 3.08. The zero-order valence-electron chi connectivity index (χ0n) is 13.6. The van der Waals surface area contributed by atoms with Crippen molar-refractivity contribution >= 4 is 23.1 Å². The van der Waals surface area contributed by atoms with Gasteiger partial charge < -0.3 is 9.73 Å². The molecule has 25 heavy (non-hydrogen) atoms. The molecule has 0 fully saturated rings. The van der Waals surface area contributed by atoms with Crippen molar-refractivity contribution in [1.82, 2.24) is 15.1 Å². The number of rotatable bonds is 6. The minimum Gasteiger partial charge on any atom is -0.395 e. The molecule has 0 saturated heterocycles. The molecule has 0 radical (unpaired) electrons. The Labute approximate surface area is 147 Å². The van der Waals surface area contributed by atoms with E-state index in [1.165, 1.54) is 6.07 Å². The van der Waals surface area contributed by atoms with Gasteiger partial charge in [0.15, 0.2) is 5.76 Å². The first-order valence-corrected chi connectivity index (χ1v) is 8.42. The lowest BCUT2D eigenvalue weighted by molar-refractivity contribution is -0.402. The summed E-state index contributed by atoms with van der Waals surface area (Å²) in [6, 6.07) is 8.18. The van der Waals surface area contributed by atoms with Gasteiger partial charge in [-0.25, -0.2) is 0 Å². The van der Waals surface area contributed by atoms with Gasteiger partial charge >= 0.3 is 5.88 Å². The zero-order valence-corrected chi connectivity index (χ0v) is 14.4. The van der Waals surface area contributed by atoms with Crippen LogP contribution in [0.5, 0.6) is 0 Å². The van der Waals surface area contributed by atoms with E-state index in [1.54, 1.807) is 11.3 Å². The number of aromatic nitrogens is 2. The molecule has 0 bridgehead atoms. The molecule has 0 spiro atoms. The number of furan rings is 1. The Morgan fingerprint density at radius 3 is 2.80 bits per heavy atom. The van der Waals surface area contributed by atoms with Crippen LogP contribution in [0.15, 0.2) is 40.1 Å². The van der Waals surface area contributed by atoms with Gasteiger partial charge in [0.2, 0.25) is 0 Å². The Kier molecular flexibility index (Phi) is 4.66. The molecule has 1 unspecified atom stereocenters. The standard InChI is InChI=1S/C16H16N4O4S/c1-10-8-11(2)19(18-10)12(14-4-3-7-25-14)9-17-16(21)13-5-6-15(24-13)20(22)23/h3-8,12H,9H2,1-2H3,(H,17,21). The molecular formula is C16H16N4O4S. The third kappa shape index (κ3) is 3.61. The van der Waals surface area contributed by atoms with Crippen molar-refractivity contribution in [2.24, 2.45) is 0 Å². The summed E-state index contributed by atoms with van der Waals surface area (Å²) in [5, 5.41) is 19.9. The van der Waals surface area contributed by atoms with Crippen molar-refractivity contribution in [3.63, 3.8) is 0 Å². The van der Waals surface area contributed by atoms with Gasteiger partial charge in [-0.05, 0) is 37.4 Å². The van der Waals surface area contributed by atoms with E-state index in [9.17, 15) is 14.9 Å². The SMILES string of the molecule is Cc1cc(C)n(C(CNC(=O)c2ccc([N+](=O)[O-])o2)c2cccs2)n1. The smallest absolute Gasteiger partial charge is 0.395 e. The molecule has 3 aromatic rings. The number of amides is 1. The number of nitrogens with one attached hydrogen (secondary N) is 1. The molecule has 3 heterocycles. The zero-order chi connectivity index (χ0) is 18.0. The number of hydrogen-bond donors (Lipinski definition) is 1. The van der Waals surface area contributed by atoms with Crippen LogP contribution in [0.2, 0.25) is 0 Å². The lowest BCUT2D eigenvalue weighted by Crippen LogP contribution is -2.31. The molecule has 9 heteroatoms. The third-order valence-electron chi connectivity index (χ3n) is 3.66. The highest BCUT2D eigenvalue weighted by Crippen LogP contribution is 2.24. The normalized spacial score (nSPS) is 12.1. The van der Waals surface area contributed by atoms with Crippen molar-refractivity contribution in [2.75, 3.05) is 6.54 Å². The van der Waals surface area contributed by atoms with E-state index in [1.807, 2.05) is 42.1 Å². The number of aryl methyl sites for hydroxylation is 2. The highest BCUT2D eigenvalue weighted by Gasteiger charge is 2.22. The van der Waals surface area contributed by atoms with E-state index in [0.717, 1.165) is 22.3 Å². The van der Waals surface area contributed by atoms with Crippen LogP contribution >= 0.6 is 11.3 Å². The number of nitro groups is 1. The average molecular weight is 360 g/mol. The fourth-order valence-electron chi connectivity index (χ4n) is 2.57. The Balaban J connectivity index is 1.78. The predicted molar refractivity (Wildman–Crippen MR) is 91.9 cm³/mol. The second-order valence-corrected chi connectivity index (χ2v) is 6.49. The van der Waals surface area contributed by atoms with Gasteiger partial charge in [-0.15, -0.1) is 11.3 Å². The van der Waals surface area contributed by atoms with E-state index in [0.29, 0.717) is 0 Å². The van der Waals surface area contributed by atoms with Gasteiger partial charge in [-0.2, -0.15) is 5.10 Å². The molecule has 0 aliphatic rings. The van der Waals surface area contributed by atoms with Gasteiger partial charge in [0, 0.05) is 17.1 Å². The third-order valence-corrected chi connectivity index (χ3v) is 4.64. The maximum Gasteiger partial charge on any atom is 0.433 e. The first-order valence-electron chi connectivity index (χ1n) is 7.54. The summed E-state index contributed by atoms with van der Waals surface area (Å²) in [7, 11) is 0. The highest BCUT2D eigenvalue weighted by molar-refractivity contribution is 7.10. The molecule has 0 aliphatic carbocycles. The molecule has 8 nitrogen and oxygen atoms in total. The molecule has 3 rings (SSSR count). The quantitative estimate of drug-likeness (QED) is 0.537. The van der Waals surface area contributed by atoms with Crippen molar-refractivity contribution in [2.45, 2.75) is 19.9 Å². The van der Waals surface area contributed by atoms with Crippen LogP contribution in [0.4, 0.5) is 5.88 Å². The number of thiophene rings is 1. The summed E-state index contributed by atoms with van der Waals surface area (Å²) < 4.78 is 6.80. The first-order chi connectivity index (χ1) is 12.0. The lowest BCUT2D eigenvalue weighted by Gasteiger charge is -2.18. The number of carbonyl (C=O) groups is 1. The topological polar surface area (TPSA) is 103 Å². The van der Waals surface area contributed by atoms with Crippen LogP contribution in [-0.2, 0) is 0 Å². The fraction of sp³-hybridized carbons (Fsp3) is 0.250. The largest absolute Gasteiger partial charge is 0.433 e. The molecule has 130 valence electrons. The fourth-order valence-corrected chi connectivity index (χ4v) is 3.39. The van der Waals surface area contributed by atoms with E-state index in [4.69, 9.17) is 4.42 Å². The van der Waals surface area contributed by atoms with E-state index < -0.39 is 16.7 Å². The van der Waals surface area contributed by atoms with Crippen molar-refractivity contribution in [3.8, 4) is 0 Å². The summed E-state index contributed by atoms with van der Waals surface area (Å²) >= 11 is 1.57. The molecule has 1 amide bonds. The first kappa shape index (κ1) is 16.9. The Morgan fingerprint density at radius 1 is 1.44 bits per heavy atom. The van der Waals surface area contributed by atoms with Crippen LogP contribution < -0.4 is 5.32 Å². The second kappa shape index (κ2) is 6.89. The lowest BCUT2D eigenvalue weighted by atomic mass is 10.2. The van der Waals surface area contributed by atoms with Gasteiger partial charge in [0.1, 0.15) is 11.0 Å². The van der Waals surface area contributed by atoms with Crippen LogP contribution in [0, 0.1) is 24.0 Å². The molecular weight excluding hydrogens is 344 g/mol. The van der Waals surface area contributed by atoms with Crippen LogP contribution in [0.25, 0.3) is 0 Å².